The molecule has 2 heterocycles. The van der Waals surface area contributed by atoms with Crippen molar-refractivity contribution in [1.82, 2.24) is 10.3 Å². The van der Waals surface area contributed by atoms with E-state index in [9.17, 15) is 31.1 Å². The average Bonchev–Trinajstić information content (AvgIpc) is 3.77. The number of hydrogen-bond donors (Lipinski definition) is 2. The molecule has 11 nitrogen and oxygen atoms in total. The van der Waals surface area contributed by atoms with Crippen molar-refractivity contribution in [3.05, 3.63) is 75.3 Å². The molecule has 18 heteroatoms. The molecule has 0 fully saturated rings. The Morgan fingerprint density at radius 1 is 0.930 bits per heavy atom. The summed E-state index contributed by atoms with van der Waals surface area (Å²) in [7, 11) is 1.28. The molecule has 57 heavy (non-hydrogen) atoms. The first-order chi connectivity index (χ1) is 27.1. The Hall–Kier alpha value is -4.71. The van der Waals surface area contributed by atoms with Gasteiger partial charge in [0.2, 0.25) is 0 Å². The number of nitrogens with two attached hydrogens (primary N) is 2. The fraction of sp³-hybridized carbons (Fsp3) is 0.462. The first-order valence-electron chi connectivity index (χ1n) is 18.4. The van der Waals surface area contributed by atoms with Crippen molar-refractivity contribution in [3.63, 3.8) is 0 Å². The Morgan fingerprint density at radius 3 is 2.23 bits per heavy atom. The Morgan fingerprint density at radius 2 is 1.61 bits per heavy atom. The second-order valence-corrected chi connectivity index (χ2v) is 13.1. The number of methoxy groups -OCH3 is 1. The highest BCUT2D eigenvalue weighted by atomic mass is 79.9. The van der Waals surface area contributed by atoms with E-state index in [-0.39, 0.29) is 34.1 Å². The molecule has 1 unspecified atom stereocenters. The van der Waals surface area contributed by atoms with Gasteiger partial charge in [-0.25, -0.2) is 10.6 Å². The second-order valence-electron chi connectivity index (χ2n) is 12.4. The van der Waals surface area contributed by atoms with Gasteiger partial charge in [-0.3, -0.25) is 0 Å². The lowest BCUT2D eigenvalue weighted by Crippen LogP contribution is -2.33. The molecular formula is C39H48BrF6N5O6. The van der Waals surface area contributed by atoms with Gasteiger partial charge >= 0.3 is 18.3 Å². The van der Waals surface area contributed by atoms with Gasteiger partial charge in [-0.15, -0.1) is 0 Å². The van der Waals surface area contributed by atoms with E-state index in [1.54, 1.807) is 24.3 Å². The molecule has 1 atom stereocenters. The van der Waals surface area contributed by atoms with E-state index in [4.69, 9.17) is 30.1 Å². The van der Waals surface area contributed by atoms with Gasteiger partial charge in [0.05, 0.1) is 47.9 Å². The van der Waals surface area contributed by atoms with Crippen LogP contribution in [0.2, 0.25) is 0 Å². The van der Waals surface area contributed by atoms with Crippen LogP contribution in [-0.4, -0.2) is 48.5 Å². The van der Waals surface area contributed by atoms with Crippen molar-refractivity contribution in [2.45, 2.75) is 78.6 Å². The summed E-state index contributed by atoms with van der Waals surface area (Å²) in [5, 5.41) is 8.51. The van der Waals surface area contributed by atoms with Gasteiger partial charge in [-0.2, -0.15) is 26.3 Å². The SMILES string of the molecule is CC.CCCC1C=c2onc(C(F)(F)F)c2=CC=C1OCCCBr.CCCc1c(OCCCN(N)c2ccc(C(=O)OC)cc2N)ccc2c(C(F)(F)F)noc12. The summed E-state index contributed by atoms with van der Waals surface area (Å²) in [6.45, 7) is 9.08. The summed E-state index contributed by atoms with van der Waals surface area (Å²) in [5.74, 6) is 6.59. The number of carbonyl (C=O) groups excluding carboxylic acids is 1. The van der Waals surface area contributed by atoms with Crippen LogP contribution >= 0.6 is 15.9 Å². The van der Waals surface area contributed by atoms with E-state index in [0.29, 0.717) is 66.4 Å². The van der Waals surface area contributed by atoms with Crippen molar-refractivity contribution in [2.75, 3.05) is 42.9 Å². The van der Waals surface area contributed by atoms with Gasteiger partial charge in [0.25, 0.3) is 0 Å². The number of hydrogen-bond acceptors (Lipinski definition) is 11. The predicted octanol–water partition coefficient (Wildman–Crippen LogP) is 8.71. The molecule has 5 rings (SSSR count). The molecule has 0 saturated heterocycles. The number of allylic oxidation sites excluding steroid dienone is 2. The summed E-state index contributed by atoms with van der Waals surface area (Å²) in [4.78, 5) is 11.6. The summed E-state index contributed by atoms with van der Waals surface area (Å²) in [5.41, 5.74) is 5.91. The molecule has 0 bridgehead atoms. The van der Waals surface area contributed by atoms with Gasteiger partial charge in [-0.05, 0) is 67.8 Å². The Kier molecular flexibility index (Phi) is 17.8. The minimum Gasteiger partial charge on any atom is -0.497 e. The lowest BCUT2D eigenvalue weighted by atomic mass is 10.0. The van der Waals surface area contributed by atoms with E-state index >= 15 is 0 Å². The van der Waals surface area contributed by atoms with Crippen molar-refractivity contribution in [3.8, 4) is 5.75 Å². The standard InChI is InChI=1S/C22H25F3N4O4.C15H17BrF3NO2.C2H6/c1-3-5-14-18(9-7-15-19(14)33-28-20(15)22(23,24)25)32-11-4-10-29(27)17-8-6-13(12-16(17)26)21(30)31-2;1-2-4-10-9-13-11(14(20-22-13)15(17,18)19)5-6-12(10)21-8-3-7-16;1-2/h6-9,12H,3-5,10-11,26-27H2,1-2H3;5-6,9-10H,2-4,7-8H2,1H3;1-2H3. The predicted molar refractivity (Wildman–Crippen MR) is 209 cm³/mol. The highest BCUT2D eigenvalue weighted by molar-refractivity contribution is 9.09. The monoisotopic (exact) mass is 875 g/mol. The Balaban J connectivity index is 0.000000315. The molecule has 2 aromatic heterocycles. The topological polar surface area (TPSA) is 152 Å². The maximum absolute atomic E-state index is 13.1. The minimum absolute atomic E-state index is 0.0345. The quantitative estimate of drug-likeness (QED) is 0.0224. The Labute approximate surface area is 334 Å². The largest absolute Gasteiger partial charge is 0.497 e. The number of alkyl halides is 7. The summed E-state index contributed by atoms with van der Waals surface area (Å²) < 4.78 is 104. The van der Waals surface area contributed by atoms with Gasteiger partial charge in [0.15, 0.2) is 22.4 Å². The second kappa shape index (κ2) is 21.7. The lowest BCUT2D eigenvalue weighted by molar-refractivity contribution is -0.143. The molecule has 2 aromatic carbocycles. The number of nitrogens with zero attached hydrogens (tertiary/aromatic N) is 3. The van der Waals surface area contributed by atoms with Crippen LogP contribution in [0.4, 0.5) is 37.7 Å². The maximum Gasteiger partial charge on any atom is 0.437 e. The minimum atomic E-state index is -4.60. The van der Waals surface area contributed by atoms with E-state index in [2.05, 4.69) is 31.0 Å². The van der Waals surface area contributed by atoms with Crippen LogP contribution < -0.4 is 32.0 Å². The number of aromatic nitrogens is 2. The number of anilines is 2. The van der Waals surface area contributed by atoms with Crippen LogP contribution in [0.25, 0.3) is 23.1 Å². The van der Waals surface area contributed by atoms with E-state index < -0.39 is 29.7 Å². The van der Waals surface area contributed by atoms with Crippen molar-refractivity contribution >= 4 is 56.4 Å². The molecule has 0 amide bonds. The smallest absolute Gasteiger partial charge is 0.437 e. The van der Waals surface area contributed by atoms with Crippen LogP contribution in [-0.2, 0) is 28.2 Å². The van der Waals surface area contributed by atoms with E-state index in [0.717, 1.165) is 24.6 Å². The van der Waals surface area contributed by atoms with Crippen LogP contribution in [0, 0.1) is 5.92 Å². The van der Waals surface area contributed by atoms with Crippen molar-refractivity contribution < 1.29 is 54.4 Å². The number of carbonyl (C=O) groups is 1. The number of hydrazine groups is 1. The number of ether oxygens (including phenoxy) is 3. The van der Waals surface area contributed by atoms with Gasteiger partial charge < -0.3 is 34.0 Å². The first kappa shape index (κ1) is 46.7. The molecule has 4 aromatic rings. The molecule has 0 saturated carbocycles. The van der Waals surface area contributed by atoms with Gasteiger partial charge in [0, 0.05) is 29.8 Å². The number of aryl methyl sites for hydroxylation is 1. The zero-order chi connectivity index (χ0) is 42.3. The van der Waals surface area contributed by atoms with E-state index in [1.165, 1.54) is 36.4 Å². The molecule has 314 valence electrons. The highest BCUT2D eigenvalue weighted by Gasteiger charge is 2.38. The van der Waals surface area contributed by atoms with Crippen LogP contribution in [0.15, 0.2) is 51.2 Å². The fourth-order valence-corrected chi connectivity index (χ4v) is 5.98. The number of benzene rings is 2. The fourth-order valence-electron chi connectivity index (χ4n) is 5.75. The van der Waals surface area contributed by atoms with Crippen LogP contribution in [0.1, 0.15) is 87.1 Å². The number of fused-ring (bicyclic) bond motifs is 2. The molecule has 0 spiro atoms. The van der Waals surface area contributed by atoms with Gasteiger partial charge in [0.1, 0.15) is 11.5 Å². The first-order valence-corrected chi connectivity index (χ1v) is 19.5. The maximum atomic E-state index is 13.1. The van der Waals surface area contributed by atoms with Crippen molar-refractivity contribution in [1.29, 1.82) is 0 Å². The average molecular weight is 877 g/mol. The Bertz CT molecular complexity index is 2060. The number of rotatable bonds is 15. The van der Waals surface area contributed by atoms with E-state index in [1.807, 2.05) is 27.7 Å². The third-order valence-electron chi connectivity index (χ3n) is 8.33. The highest BCUT2D eigenvalue weighted by Crippen LogP contribution is 2.38. The number of halogens is 7. The number of nitrogen functional groups attached to an aromatic ring is 1. The molecule has 1 aliphatic rings. The normalized spacial score (nSPS) is 13.7. The molecular weight excluding hydrogens is 828 g/mol. The van der Waals surface area contributed by atoms with Crippen LogP contribution in [0.3, 0.4) is 0 Å². The molecule has 4 N–H and O–H groups in total. The zero-order valence-electron chi connectivity index (χ0n) is 32.4. The number of esters is 1. The van der Waals surface area contributed by atoms with Crippen LogP contribution in [0.5, 0.6) is 5.75 Å². The third kappa shape index (κ3) is 12.4. The summed E-state index contributed by atoms with van der Waals surface area (Å²) in [6, 6.07) is 7.48. The lowest BCUT2D eigenvalue weighted by Gasteiger charge is -2.21. The van der Waals surface area contributed by atoms with Crippen molar-refractivity contribution in [2.24, 2.45) is 11.8 Å². The molecule has 0 aliphatic heterocycles. The van der Waals surface area contributed by atoms with Gasteiger partial charge in [-0.1, -0.05) is 66.8 Å². The molecule has 1 aliphatic carbocycles. The summed E-state index contributed by atoms with van der Waals surface area (Å²) in [6.07, 6.45) is -0.323. The third-order valence-corrected chi connectivity index (χ3v) is 8.89. The summed E-state index contributed by atoms with van der Waals surface area (Å²) >= 11 is 3.32. The molecule has 0 radical (unpaired) electrons. The zero-order valence-corrected chi connectivity index (χ0v) is 33.9.